The van der Waals surface area contributed by atoms with Gasteiger partial charge in [0.1, 0.15) is 11.6 Å². The van der Waals surface area contributed by atoms with Crippen LogP contribution in [0.15, 0.2) is 84.9 Å². The number of aliphatic hydroxyl groups is 1. The highest BCUT2D eigenvalue weighted by Crippen LogP contribution is 2.34. The van der Waals surface area contributed by atoms with E-state index in [4.69, 9.17) is 4.74 Å². The van der Waals surface area contributed by atoms with Crippen LogP contribution < -0.4 is 5.32 Å². The summed E-state index contributed by atoms with van der Waals surface area (Å²) in [5, 5.41) is 13.7. The summed E-state index contributed by atoms with van der Waals surface area (Å²) in [5.41, 5.74) is 2.71. The number of β-amino-alcohol motifs (C(OH)–C–C–N with tert-alkyl or cyclic N) is 1. The van der Waals surface area contributed by atoms with Crippen LogP contribution in [0.1, 0.15) is 48.1 Å². The van der Waals surface area contributed by atoms with E-state index in [1.807, 2.05) is 98.8 Å². The van der Waals surface area contributed by atoms with Gasteiger partial charge in [-0.15, -0.1) is 0 Å². The van der Waals surface area contributed by atoms with Crippen LogP contribution in [-0.2, 0) is 15.1 Å². The van der Waals surface area contributed by atoms with E-state index in [-0.39, 0.29) is 25.2 Å². The lowest BCUT2D eigenvalue weighted by atomic mass is 9.85. The molecule has 3 atom stereocenters. The monoisotopic (exact) mass is 472 g/mol. The van der Waals surface area contributed by atoms with Crippen LogP contribution in [0.25, 0.3) is 0 Å². The molecular weight excluding hydrogens is 440 g/mol. The van der Waals surface area contributed by atoms with Crippen LogP contribution in [0.3, 0.4) is 0 Å². The minimum absolute atomic E-state index is 0.0311. The van der Waals surface area contributed by atoms with E-state index >= 15 is 0 Å². The van der Waals surface area contributed by atoms with Crippen molar-refractivity contribution in [1.29, 1.82) is 0 Å². The van der Waals surface area contributed by atoms with Crippen molar-refractivity contribution in [2.24, 2.45) is 0 Å². The minimum Gasteiger partial charge on any atom is -0.389 e. The smallest absolute Gasteiger partial charge is 0.325 e. The Morgan fingerprint density at radius 3 is 2.14 bits per heavy atom. The van der Waals surface area contributed by atoms with Crippen molar-refractivity contribution in [2.75, 3.05) is 13.2 Å². The average molecular weight is 473 g/mol. The third-order valence-electron chi connectivity index (χ3n) is 6.40. The molecule has 2 N–H and O–H groups in total. The number of ether oxygens (including phenoxy) is 1. The standard InChI is InChI=1S/C29H32N2O4/c1-3-18-29(24-12-8-5-9-13-24)27(33)31(28(34)30-29)19-25(32)20-35-26(22-10-6-4-7-11-22)23-16-14-21(2)15-17-23/h4-17,25-26,32H,3,18-20H2,1-2H3,(H,30,34)/t25-,26-,29+/m0/s1. The Balaban J connectivity index is 1.48. The van der Waals surface area contributed by atoms with Crippen molar-refractivity contribution in [1.82, 2.24) is 10.2 Å². The summed E-state index contributed by atoms with van der Waals surface area (Å²) in [6, 6.07) is 26.6. The Kier molecular flexibility index (Phi) is 7.63. The van der Waals surface area contributed by atoms with E-state index in [0.717, 1.165) is 33.6 Å². The number of hydrogen-bond acceptors (Lipinski definition) is 4. The number of aliphatic hydroxyl groups excluding tert-OH is 1. The number of amides is 3. The van der Waals surface area contributed by atoms with Crippen molar-refractivity contribution in [3.63, 3.8) is 0 Å². The summed E-state index contributed by atoms with van der Waals surface area (Å²) in [7, 11) is 0. The molecule has 1 heterocycles. The molecule has 0 unspecified atom stereocenters. The molecule has 0 saturated carbocycles. The Labute approximate surface area is 206 Å². The van der Waals surface area contributed by atoms with E-state index < -0.39 is 17.7 Å². The molecule has 1 saturated heterocycles. The molecule has 0 radical (unpaired) electrons. The molecule has 3 aromatic rings. The number of urea groups is 1. The molecule has 182 valence electrons. The third kappa shape index (κ3) is 5.29. The number of benzene rings is 3. The normalized spacial score (nSPS) is 19.5. The van der Waals surface area contributed by atoms with Gasteiger partial charge in [0, 0.05) is 0 Å². The second-order valence-corrected chi connectivity index (χ2v) is 9.06. The molecule has 1 aliphatic rings. The fraction of sp³-hybridized carbons (Fsp3) is 0.310. The van der Waals surface area contributed by atoms with Crippen LogP contribution in [0, 0.1) is 6.92 Å². The minimum atomic E-state index is -1.11. The molecule has 3 amide bonds. The van der Waals surface area contributed by atoms with Gasteiger partial charge in [-0.05, 0) is 30.0 Å². The van der Waals surface area contributed by atoms with Crippen LogP contribution in [0.5, 0.6) is 0 Å². The Bertz CT molecular complexity index is 1130. The number of nitrogens with zero attached hydrogens (tertiary/aromatic N) is 1. The van der Waals surface area contributed by atoms with Gasteiger partial charge in [0.2, 0.25) is 0 Å². The molecule has 4 rings (SSSR count). The van der Waals surface area contributed by atoms with Gasteiger partial charge in [0.05, 0.1) is 19.3 Å². The first-order valence-electron chi connectivity index (χ1n) is 12.1. The number of imide groups is 1. The zero-order valence-corrected chi connectivity index (χ0v) is 20.2. The number of rotatable bonds is 10. The van der Waals surface area contributed by atoms with Gasteiger partial charge >= 0.3 is 6.03 Å². The number of carbonyl (C=O) groups excluding carboxylic acids is 2. The lowest BCUT2D eigenvalue weighted by molar-refractivity contribution is -0.133. The second kappa shape index (κ2) is 10.8. The lowest BCUT2D eigenvalue weighted by Crippen LogP contribution is -2.45. The number of carbonyl (C=O) groups is 2. The van der Waals surface area contributed by atoms with Crippen LogP contribution in [0.2, 0.25) is 0 Å². The maximum atomic E-state index is 13.5. The predicted molar refractivity (Wildman–Crippen MR) is 135 cm³/mol. The van der Waals surface area contributed by atoms with Gasteiger partial charge in [0.25, 0.3) is 5.91 Å². The molecule has 0 aliphatic carbocycles. The van der Waals surface area contributed by atoms with Crippen molar-refractivity contribution in [3.8, 4) is 0 Å². The summed E-state index contributed by atoms with van der Waals surface area (Å²) < 4.78 is 6.16. The summed E-state index contributed by atoms with van der Waals surface area (Å²) in [5.74, 6) is -0.340. The van der Waals surface area contributed by atoms with E-state index in [9.17, 15) is 14.7 Å². The first-order valence-corrected chi connectivity index (χ1v) is 12.1. The van der Waals surface area contributed by atoms with Crippen molar-refractivity contribution in [2.45, 2.75) is 44.4 Å². The highest BCUT2D eigenvalue weighted by molar-refractivity contribution is 6.07. The first-order chi connectivity index (χ1) is 16.9. The molecule has 0 spiro atoms. The molecule has 0 bridgehead atoms. The molecule has 1 aliphatic heterocycles. The van der Waals surface area contributed by atoms with Gasteiger partial charge in [-0.2, -0.15) is 0 Å². The fourth-order valence-electron chi connectivity index (χ4n) is 4.62. The third-order valence-corrected chi connectivity index (χ3v) is 6.40. The molecule has 6 nitrogen and oxygen atoms in total. The summed E-state index contributed by atoms with van der Waals surface area (Å²) in [4.78, 5) is 27.4. The van der Waals surface area contributed by atoms with Crippen molar-refractivity contribution < 1.29 is 19.4 Å². The number of nitrogens with one attached hydrogen (secondary N) is 1. The van der Waals surface area contributed by atoms with Gasteiger partial charge < -0.3 is 15.2 Å². The highest BCUT2D eigenvalue weighted by Gasteiger charge is 2.51. The second-order valence-electron chi connectivity index (χ2n) is 9.06. The fourth-order valence-corrected chi connectivity index (χ4v) is 4.62. The van der Waals surface area contributed by atoms with Crippen LogP contribution >= 0.6 is 0 Å². The first kappa shape index (κ1) is 24.6. The van der Waals surface area contributed by atoms with Gasteiger partial charge in [-0.1, -0.05) is 104 Å². The van der Waals surface area contributed by atoms with E-state index in [0.29, 0.717) is 6.42 Å². The topological polar surface area (TPSA) is 78.9 Å². The van der Waals surface area contributed by atoms with Gasteiger partial charge in [-0.3, -0.25) is 9.69 Å². The molecule has 6 heteroatoms. The lowest BCUT2D eigenvalue weighted by Gasteiger charge is -2.27. The van der Waals surface area contributed by atoms with E-state index in [2.05, 4.69) is 5.32 Å². The summed E-state index contributed by atoms with van der Waals surface area (Å²) in [6.45, 7) is 3.83. The molecule has 0 aromatic heterocycles. The largest absolute Gasteiger partial charge is 0.389 e. The molecule has 3 aromatic carbocycles. The highest BCUT2D eigenvalue weighted by atomic mass is 16.5. The Hall–Kier alpha value is -3.48. The molecule has 35 heavy (non-hydrogen) atoms. The zero-order valence-electron chi connectivity index (χ0n) is 20.2. The van der Waals surface area contributed by atoms with E-state index in [1.54, 1.807) is 0 Å². The SMILES string of the molecule is CCC[C@]1(c2ccccc2)NC(=O)N(C[C@H](O)CO[C@@H](c2ccccc2)c2ccc(C)cc2)C1=O. The zero-order chi connectivity index (χ0) is 24.8. The maximum absolute atomic E-state index is 13.5. The molecule has 1 fully saturated rings. The quantitative estimate of drug-likeness (QED) is 0.419. The van der Waals surface area contributed by atoms with Crippen LogP contribution in [0.4, 0.5) is 4.79 Å². The average Bonchev–Trinajstić information content (AvgIpc) is 3.11. The van der Waals surface area contributed by atoms with Gasteiger partial charge in [0.15, 0.2) is 0 Å². The number of aryl methyl sites for hydroxylation is 1. The van der Waals surface area contributed by atoms with Crippen LogP contribution in [-0.4, -0.2) is 41.2 Å². The molecular formula is C29H32N2O4. The van der Waals surface area contributed by atoms with Crippen molar-refractivity contribution >= 4 is 11.9 Å². The Morgan fingerprint density at radius 1 is 0.914 bits per heavy atom. The van der Waals surface area contributed by atoms with Gasteiger partial charge in [-0.25, -0.2) is 4.79 Å². The maximum Gasteiger partial charge on any atom is 0.325 e. The summed E-state index contributed by atoms with van der Waals surface area (Å²) in [6.07, 6.45) is -0.211. The van der Waals surface area contributed by atoms with E-state index in [1.165, 1.54) is 0 Å². The number of hydrogen-bond donors (Lipinski definition) is 2. The predicted octanol–water partition coefficient (Wildman–Crippen LogP) is 4.71. The Morgan fingerprint density at radius 2 is 1.51 bits per heavy atom. The summed E-state index contributed by atoms with van der Waals surface area (Å²) >= 11 is 0. The van der Waals surface area contributed by atoms with Crippen molar-refractivity contribution in [3.05, 3.63) is 107 Å².